The van der Waals surface area contributed by atoms with Crippen LogP contribution in [-0.2, 0) is 10.1 Å². The molecule has 0 atom stereocenters. The summed E-state index contributed by atoms with van der Waals surface area (Å²) in [6.07, 6.45) is 4.36. The van der Waals surface area contributed by atoms with E-state index in [1.54, 1.807) is 0 Å². The van der Waals surface area contributed by atoms with Crippen molar-refractivity contribution in [1.29, 1.82) is 0 Å². The predicted molar refractivity (Wildman–Crippen MR) is 56.1 cm³/mol. The maximum absolute atomic E-state index is 10.7. The minimum atomic E-state index is -6.09. The number of piperidine rings is 1. The Labute approximate surface area is 99.8 Å². The van der Waals surface area contributed by atoms with E-state index in [4.69, 9.17) is 13.0 Å². The molecular formula is C9H18F3NO3S. The molecule has 0 aromatic heterocycles. The highest BCUT2D eigenvalue weighted by Crippen LogP contribution is 2.20. The van der Waals surface area contributed by atoms with Gasteiger partial charge in [-0.1, -0.05) is 0 Å². The van der Waals surface area contributed by atoms with E-state index < -0.39 is 15.6 Å². The lowest BCUT2D eigenvalue weighted by atomic mass is 10.1. The fourth-order valence-corrected chi connectivity index (χ4v) is 1.59. The topological polar surface area (TPSA) is 57.2 Å². The molecule has 0 amide bonds. The molecule has 8 heteroatoms. The van der Waals surface area contributed by atoms with Gasteiger partial charge >= 0.3 is 5.51 Å². The fourth-order valence-electron chi connectivity index (χ4n) is 1.59. The summed E-state index contributed by atoms with van der Waals surface area (Å²) in [7, 11) is -3.72. The van der Waals surface area contributed by atoms with Crippen molar-refractivity contribution in [2.24, 2.45) is 0 Å². The van der Waals surface area contributed by atoms with Crippen molar-refractivity contribution < 1.29 is 30.6 Å². The number of hydrogen-bond acceptors (Lipinski definition) is 3. The zero-order chi connectivity index (χ0) is 13.7. The molecule has 0 aromatic rings. The van der Waals surface area contributed by atoms with Gasteiger partial charge in [-0.15, -0.1) is 0 Å². The third kappa shape index (κ3) is 6.23. The Hall–Kier alpha value is -0.340. The molecule has 0 bridgehead atoms. The highest BCUT2D eigenvalue weighted by Gasteiger charge is 2.36. The van der Waals surface area contributed by atoms with Crippen molar-refractivity contribution in [3.05, 3.63) is 0 Å². The number of alkyl halides is 3. The molecule has 4 nitrogen and oxygen atoms in total. The lowest BCUT2D eigenvalue weighted by Gasteiger charge is -2.36. The maximum Gasteiger partial charge on any atom is 0.485 e. The Bertz CT molecular complexity index is 321. The molecule has 17 heavy (non-hydrogen) atoms. The predicted octanol–water partition coefficient (Wildman–Crippen LogP) is 1.69. The minimum absolute atomic E-state index is 1.32. The number of hydrogen-bond donors (Lipinski definition) is 0. The molecule has 1 rings (SSSR count). The van der Waals surface area contributed by atoms with Crippen molar-refractivity contribution in [3.8, 4) is 0 Å². The van der Waals surface area contributed by atoms with Crippen molar-refractivity contribution in [3.63, 3.8) is 0 Å². The summed E-state index contributed by atoms with van der Waals surface area (Å²) >= 11 is 0. The SMILES string of the molecule is CC[N+]1(C)CCCCC1.O=S(=O)([O-])C(F)(F)F. The van der Waals surface area contributed by atoms with Crippen LogP contribution in [0.15, 0.2) is 0 Å². The van der Waals surface area contributed by atoms with E-state index in [1.165, 1.54) is 43.4 Å². The number of nitrogens with zero attached hydrogens (tertiary/aromatic N) is 1. The van der Waals surface area contributed by atoms with Crippen LogP contribution in [0.1, 0.15) is 26.2 Å². The molecular weight excluding hydrogens is 259 g/mol. The highest BCUT2D eigenvalue weighted by atomic mass is 32.2. The first-order valence-electron chi connectivity index (χ1n) is 5.37. The van der Waals surface area contributed by atoms with Crippen molar-refractivity contribution >= 4 is 10.1 Å². The molecule has 1 saturated heterocycles. The Morgan fingerprint density at radius 1 is 1.18 bits per heavy atom. The van der Waals surface area contributed by atoms with Gasteiger partial charge in [0.15, 0.2) is 10.1 Å². The molecule has 0 aliphatic carbocycles. The lowest BCUT2D eigenvalue weighted by Crippen LogP contribution is -2.47. The molecule has 1 aliphatic heterocycles. The van der Waals surface area contributed by atoms with Gasteiger partial charge in [0.25, 0.3) is 0 Å². The molecule has 0 unspecified atom stereocenters. The van der Waals surface area contributed by atoms with Crippen molar-refractivity contribution in [1.82, 2.24) is 0 Å². The van der Waals surface area contributed by atoms with Crippen LogP contribution in [-0.4, -0.2) is 49.6 Å². The Morgan fingerprint density at radius 2 is 1.53 bits per heavy atom. The van der Waals surface area contributed by atoms with E-state index in [-0.39, 0.29) is 0 Å². The zero-order valence-corrected chi connectivity index (χ0v) is 10.8. The van der Waals surface area contributed by atoms with Gasteiger partial charge in [0.05, 0.1) is 26.7 Å². The van der Waals surface area contributed by atoms with Gasteiger partial charge in [0, 0.05) is 0 Å². The van der Waals surface area contributed by atoms with Crippen LogP contribution in [0.2, 0.25) is 0 Å². The summed E-state index contributed by atoms with van der Waals surface area (Å²) in [6, 6.07) is 0. The fraction of sp³-hybridized carbons (Fsp3) is 1.00. The maximum atomic E-state index is 10.7. The van der Waals surface area contributed by atoms with Gasteiger partial charge in [-0.25, -0.2) is 8.42 Å². The first-order valence-corrected chi connectivity index (χ1v) is 6.78. The number of likely N-dealkylation sites (tertiary alicyclic amines) is 1. The van der Waals surface area contributed by atoms with Gasteiger partial charge in [-0.2, -0.15) is 13.2 Å². The Morgan fingerprint density at radius 3 is 1.71 bits per heavy atom. The third-order valence-electron chi connectivity index (χ3n) is 2.94. The van der Waals surface area contributed by atoms with Gasteiger partial charge in [0.2, 0.25) is 0 Å². The van der Waals surface area contributed by atoms with Gasteiger partial charge in [-0.3, -0.25) is 0 Å². The van der Waals surface area contributed by atoms with Crippen LogP contribution in [0.3, 0.4) is 0 Å². The van der Waals surface area contributed by atoms with E-state index in [1.807, 2.05) is 0 Å². The second kappa shape index (κ2) is 6.01. The molecule has 0 radical (unpaired) electrons. The first-order chi connectivity index (χ1) is 7.52. The van der Waals surface area contributed by atoms with Gasteiger partial charge < -0.3 is 9.04 Å². The van der Waals surface area contributed by atoms with E-state index in [9.17, 15) is 13.2 Å². The average Bonchev–Trinajstić information content (AvgIpc) is 2.17. The zero-order valence-electron chi connectivity index (χ0n) is 9.96. The lowest BCUT2D eigenvalue weighted by molar-refractivity contribution is -0.912. The summed E-state index contributed by atoms with van der Waals surface area (Å²) < 4.78 is 60.2. The Balaban J connectivity index is 0.000000304. The number of rotatable bonds is 1. The second-order valence-electron chi connectivity index (χ2n) is 4.34. The quantitative estimate of drug-likeness (QED) is 0.416. The standard InChI is InChI=1S/C8H18N.CHF3O3S/c1-3-9(2)7-5-4-6-8-9;2-1(3,4)8(5,6)7/h3-8H2,1-2H3;(H,5,6,7)/q+1;/p-1. The molecule has 0 aromatic carbocycles. The summed E-state index contributed by atoms with van der Waals surface area (Å²) in [5, 5.41) is 0. The summed E-state index contributed by atoms with van der Waals surface area (Å²) in [4.78, 5) is 0. The second-order valence-corrected chi connectivity index (χ2v) is 5.71. The molecule has 0 N–H and O–H groups in total. The minimum Gasteiger partial charge on any atom is -0.741 e. The van der Waals surface area contributed by atoms with Crippen LogP contribution in [0.5, 0.6) is 0 Å². The summed E-state index contributed by atoms with van der Waals surface area (Å²) in [5.41, 5.74) is -5.65. The average molecular weight is 277 g/mol. The first kappa shape index (κ1) is 16.7. The van der Waals surface area contributed by atoms with Gasteiger partial charge in [-0.05, 0) is 26.2 Å². The van der Waals surface area contributed by atoms with Crippen LogP contribution in [0.25, 0.3) is 0 Å². The largest absolute Gasteiger partial charge is 0.741 e. The van der Waals surface area contributed by atoms with E-state index in [2.05, 4.69) is 14.0 Å². The third-order valence-corrected chi connectivity index (χ3v) is 3.51. The van der Waals surface area contributed by atoms with E-state index in [0.29, 0.717) is 0 Å². The Kier molecular flexibility index (Phi) is 5.89. The van der Waals surface area contributed by atoms with Gasteiger partial charge in [0.1, 0.15) is 0 Å². The van der Waals surface area contributed by atoms with E-state index in [0.717, 1.165) is 0 Å². The molecule has 0 spiro atoms. The van der Waals surface area contributed by atoms with Crippen LogP contribution in [0, 0.1) is 0 Å². The van der Waals surface area contributed by atoms with Crippen molar-refractivity contribution in [2.75, 3.05) is 26.7 Å². The molecule has 1 heterocycles. The van der Waals surface area contributed by atoms with E-state index >= 15 is 0 Å². The summed E-state index contributed by atoms with van der Waals surface area (Å²) in [5.74, 6) is 0. The number of quaternary nitrogens is 1. The monoisotopic (exact) mass is 277 g/mol. The molecule has 1 fully saturated rings. The molecule has 104 valence electrons. The van der Waals surface area contributed by atoms with Crippen LogP contribution >= 0.6 is 0 Å². The molecule has 0 saturated carbocycles. The smallest absolute Gasteiger partial charge is 0.485 e. The van der Waals surface area contributed by atoms with Crippen LogP contribution < -0.4 is 0 Å². The summed E-state index contributed by atoms with van der Waals surface area (Å²) in [6.45, 7) is 6.44. The normalized spacial score (nSPS) is 20.4. The molecule has 1 aliphatic rings. The van der Waals surface area contributed by atoms with Crippen molar-refractivity contribution in [2.45, 2.75) is 31.7 Å². The van der Waals surface area contributed by atoms with Crippen LogP contribution in [0.4, 0.5) is 13.2 Å². The number of halogens is 3. The highest BCUT2D eigenvalue weighted by molar-refractivity contribution is 7.86.